The van der Waals surface area contributed by atoms with Gasteiger partial charge in [0.25, 0.3) is 0 Å². The van der Waals surface area contributed by atoms with E-state index in [-0.39, 0.29) is 24.9 Å². The maximum absolute atomic E-state index is 12.5. The van der Waals surface area contributed by atoms with E-state index in [2.05, 4.69) is 6.58 Å². The van der Waals surface area contributed by atoms with Crippen LogP contribution in [-0.2, 0) is 19.1 Å². The summed E-state index contributed by atoms with van der Waals surface area (Å²) in [6.07, 6.45) is -1.36. The molecule has 0 aromatic carbocycles. The van der Waals surface area contributed by atoms with Crippen molar-refractivity contribution in [3.8, 4) is 0 Å². The Kier molecular flexibility index (Phi) is 3.18. The van der Waals surface area contributed by atoms with Gasteiger partial charge in [-0.3, -0.25) is 9.59 Å². The lowest BCUT2D eigenvalue weighted by Gasteiger charge is -2.66. The molecule has 7 heteroatoms. The number of esters is 1. The Hall–Kier alpha value is -1.54. The van der Waals surface area contributed by atoms with Gasteiger partial charge in [-0.2, -0.15) is 0 Å². The largest absolute Gasteiger partial charge is 0.462 e. The molecule has 2 unspecified atom stereocenters. The number of aliphatic hydroxyl groups excluding tert-OH is 2. The number of hydrogen-bond donors (Lipinski definition) is 3. The van der Waals surface area contributed by atoms with Gasteiger partial charge in [0.05, 0.1) is 13.0 Å². The summed E-state index contributed by atoms with van der Waals surface area (Å²) in [7, 11) is 0. The minimum absolute atomic E-state index is 0.0436. The Balaban J connectivity index is 1.79. The maximum atomic E-state index is 12.5. The summed E-state index contributed by atoms with van der Waals surface area (Å²) in [5.74, 6) is -4.25. The number of carbonyl (C=O) groups is 2. The highest BCUT2D eigenvalue weighted by atomic mass is 16.6. The van der Waals surface area contributed by atoms with Gasteiger partial charge in [-0.05, 0) is 30.9 Å². The van der Waals surface area contributed by atoms with Crippen LogP contribution >= 0.6 is 0 Å². The summed E-state index contributed by atoms with van der Waals surface area (Å²) in [5, 5.41) is 33.3. The first kappa shape index (κ1) is 17.6. The lowest BCUT2D eigenvalue weighted by Crippen LogP contribution is -2.74. The highest BCUT2D eigenvalue weighted by Gasteiger charge is 2.81. The third kappa shape index (κ3) is 1.69. The summed E-state index contributed by atoms with van der Waals surface area (Å²) >= 11 is 0. The molecule has 2 aliphatic heterocycles. The van der Waals surface area contributed by atoms with E-state index in [0.717, 1.165) is 5.57 Å². The molecule has 5 aliphatic rings. The average molecular weight is 376 g/mol. The average Bonchev–Trinajstić information content (AvgIpc) is 2.90. The standard InChI is InChI=1S/C20H24O7/c1-8-4-12(21)16(24)18(3)10(8)5-13-19-7-26-20(25,17(18)19)15(23)9(2)11(19)6-14(22)27-13/h4,10-11,13,15-17,23-25H,2,5-7H2,1,3H3/t10-,11-,13+,15?,16?,17+,18+,19+,20+/m0/s1. The van der Waals surface area contributed by atoms with Gasteiger partial charge >= 0.3 is 5.97 Å². The predicted molar refractivity (Wildman–Crippen MR) is 90.9 cm³/mol. The molecule has 3 N–H and O–H groups in total. The molecular formula is C20H24O7. The molecule has 1 spiro atoms. The molecule has 146 valence electrons. The smallest absolute Gasteiger partial charge is 0.306 e. The SMILES string of the molecule is C=C1C(O)[C@@]2(O)OC[C@]34[C@H]2[C@@]2(C)C(O)C(=O)C=C(C)[C@@H]2C[C@H]3OC(=O)C[C@@H]14. The van der Waals surface area contributed by atoms with Gasteiger partial charge in [-0.15, -0.1) is 0 Å². The first-order chi connectivity index (χ1) is 12.6. The molecule has 0 aromatic rings. The summed E-state index contributed by atoms with van der Waals surface area (Å²) < 4.78 is 11.5. The molecular weight excluding hydrogens is 352 g/mol. The van der Waals surface area contributed by atoms with Crippen molar-refractivity contribution in [1.82, 2.24) is 0 Å². The van der Waals surface area contributed by atoms with Gasteiger partial charge in [-0.25, -0.2) is 0 Å². The Morgan fingerprint density at radius 1 is 1.22 bits per heavy atom. The molecule has 2 saturated heterocycles. The lowest BCUT2D eigenvalue weighted by molar-refractivity contribution is -0.305. The number of fused-ring (bicyclic) bond motifs is 1. The molecule has 2 bridgehead atoms. The monoisotopic (exact) mass is 376 g/mol. The van der Waals surface area contributed by atoms with E-state index in [0.29, 0.717) is 12.0 Å². The van der Waals surface area contributed by atoms with Crippen LogP contribution in [0.2, 0.25) is 0 Å². The summed E-state index contributed by atoms with van der Waals surface area (Å²) in [6, 6.07) is 0. The first-order valence-electron chi connectivity index (χ1n) is 9.41. The van der Waals surface area contributed by atoms with E-state index in [9.17, 15) is 24.9 Å². The van der Waals surface area contributed by atoms with Gasteiger partial charge in [0.1, 0.15) is 18.3 Å². The van der Waals surface area contributed by atoms with Crippen molar-refractivity contribution in [1.29, 1.82) is 0 Å². The molecule has 0 radical (unpaired) electrons. The van der Waals surface area contributed by atoms with Crippen LogP contribution in [0, 0.1) is 28.6 Å². The molecule has 0 amide bonds. The van der Waals surface area contributed by atoms with Crippen molar-refractivity contribution >= 4 is 11.8 Å². The number of ether oxygens (including phenoxy) is 2. The fourth-order valence-corrected chi connectivity index (χ4v) is 7.14. The second-order valence-corrected chi connectivity index (χ2v) is 9.15. The molecule has 4 fully saturated rings. The minimum atomic E-state index is -1.98. The lowest BCUT2D eigenvalue weighted by atomic mass is 9.39. The number of ketones is 1. The highest BCUT2D eigenvalue weighted by molar-refractivity contribution is 5.96. The van der Waals surface area contributed by atoms with Gasteiger partial charge in [0.2, 0.25) is 0 Å². The molecule has 0 aromatic heterocycles. The van der Waals surface area contributed by atoms with Gasteiger partial charge in [0.15, 0.2) is 11.6 Å². The maximum Gasteiger partial charge on any atom is 0.306 e. The van der Waals surface area contributed by atoms with E-state index < -0.39 is 52.5 Å². The van der Waals surface area contributed by atoms with Crippen LogP contribution in [0.15, 0.2) is 23.8 Å². The second kappa shape index (κ2) is 4.89. The Morgan fingerprint density at radius 3 is 2.63 bits per heavy atom. The predicted octanol–water partition coefficient (Wildman–Crippen LogP) is 0.0863. The van der Waals surface area contributed by atoms with Gasteiger partial charge < -0.3 is 24.8 Å². The molecule has 2 saturated carbocycles. The zero-order chi connectivity index (χ0) is 19.5. The third-order valence-corrected chi connectivity index (χ3v) is 8.19. The first-order valence-corrected chi connectivity index (χ1v) is 9.41. The number of allylic oxidation sites excluding steroid dienone is 1. The fraction of sp³-hybridized carbons (Fsp3) is 0.700. The molecule has 9 atom stereocenters. The molecule has 27 heavy (non-hydrogen) atoms. The topological polar surface area (TPSA) is 113 Å². The van der Waals surface area contributed by atoms with Crippen LogP contribution in [0.3, 0.4) is 0 Å². The van der Waals surface area contributed by atoms with Crippen molar-refractivity contribution in [2.75, 3.05) is 6.61 Å². The zero-order valence-corrected chi connectivity index (χ0v) is 15.3. The highest BCUT2D eigenvalue weighted by Crippen LogP contribution is 2.73. The van der Waals surface area contributed by atoms with E-state index in [4.69, 9.17) is 9.47 Å². The summed E-state index contributed by atoms with van der Waals surface area (Å²) in [5.41, 5.74) is -0.730. The van der Waals surface area contributed by atoms with Crippen LogP contribution in [0.25, 0.3) is 0 Å². The normalized spacial score (nSPS) is 56.2. The quantitative estimate of drug-likeness (QED) is 0.405. The molecule has 7 nitrogen and oxygen atoms in total. The van der Waals surface area contributed by atoms with Gasteiger partial charge in [0, 0.05) is 22.7 Å². The third-order valence-electron chi connectivity index (χ3n) is 8.19. The number of carbonyl (C=O) groups excluding carboxylic acids is 2. The van der Waals surface area contributed by atoms with E-state index in [1.807, 2.05) is 6.92 Å². The second-order valence-electron chi connectivity index (χ2n) is 9.15. The summed E-state index contributed by atoms with van der Waals surface area (Å²) in [6.45, 7) is 7.64. The van der Waals surface area contributed by atoms with Crippen LogP contribution < -0.4 is 0 Å². The zero-order valence-electron chi connectivity index (χ0n) is 15.3. The van der Waals surface area contributed by atoms with Gasteiger partial charge in [-0.1, -0.05) is 19.1 Å². The van der Waals surface area contributed by atoms with Crippen LogP contribution in [0.4, 0.5) is 0 Å². The molecule has 2 heterocycles. The van der Waals surface area contributed by atoms with Crippen molar-refractivity contribution < 1.29 is 34.4 Å². The number of hydrogen-bond acceptors (Lipinski definition) is 7. The molecule has 5 rings (SSSR count). The fourth-order valence-electron chi connectivity index (χ4n) is 7.14. The Labute approximate surface area is 156 Å². The van der Waals surface area contributed by atoms with Crippen molar-refractivity contribution in [2.24, 2.45) is 28.6 Å². The van der Waals surface area contributed by atoms with Crippen LogP contribution in [0.1, 0.15) is 26.7 Å². The van der Waals surface area contributed by atoms with E-state index in [1.165, 1.54) is 6.08 Å². The number of rotatable bonds is 0. The Bertz CT molecular complexity index is 817. The van der Waals surface area contributed by atoms with Crippen LogP contribution in [-0.4, -0.2) is 57.8 Å². The van der Waals surface area contributed by atoms with Crippen molar-refractivity contribution in [3.63, 3.8) is 0 Å². The van der Waals surface area contributed by atoms with Crippen molar-refractivity contribution in [2.45, 2.75) is 50.8 Å². The molecule has 3 aliphatic carbocycles. The van der Waals surface area contributed by atoms with E-state index >= 15 is 0 Å². The van der Waals surface area contributed by atoms with Crippen LogP contribution in [0.5, 0.6) is 0 Å². The summed E-state index contributed by atoms with van der Waals surface area (Å²) in [4.78, 5) is 24.8. The van der Waals surface area contributed by atoms with E-state index in [1.54, 1.807) is 6.92 Å². The minimum Gasteiger partial charge on any atom is -0.462 e. The Morgan fingerprint density at radius 2 is 1.93 bits per heavy atom. The van der Waals surface area contributed by atoms with Crippen molar-refractivity contribution in [3.05, 3.63) is 23.8 Å². The number of aliphatic hydroxyl groups is 3.